The Labute approximate surface area is 123 Å². The Hall–Kier alpha value is -2.00. The van der Waals surface area contributed by atoms with Crippen molar-refractivity contribution in [2.24, 2.45) is 0 Å². The van der Waals surface area contributed by atoms with Crippen molar-refractivity contribution in [3.05, 3.63) is 64.7 Å². The van der Waals surface area contributed by atoms with E-state index in [1.807, 2.05) is 53.4 Å². The molecule has 2 aromatic rings. The van der Waals surface area contributed by atoms with E-state index in [0.717, 1.165) is 24.2 Å². The molecule has 0 radical (unpaired) electrons. The zero-order valence-corrected chi connectivity index (χ0v) is 11.7. The molecule has 0 aliphatic carbocycles. The minimum absolute atomic E-state index is 0.0678. The highest BCUT2D eigenvalue weighted by Crippen LogP contribution is 2.23. The lowest BCUT2D eigenvalue weighted by atomic mass is 10.0. The van der Waals surface area contributed by atoms with Crippen molar-refractivity contribution < 1.29 is 4.79 Å². The summed E-state index contributed by atoms with van der Waals surface area (Å²) in [7, 11) is 0. The van der Waals surface area contributed by atoms with Crippen molar-refractivity contribution in [1.82, 2.24) is 4.90 Å². The lowest BCUT2D eigenvalue weighted by Gasteiger charge is -2.29. The van der Waals surface area contributed by atoms with Gasteiger partial charge in [-0.25, -0.2) is 4.79 Å². The molecule has 20 heavy (non-hydrogen) atoms. The molecule has 2 aromatic carbocycles. The molecule has 0 saturated heterocycles. The topological polar surface area (TPSA) is 32.3 Å². The number of rotatable bonds is 1. The molecule has 0 spiro atoms. The van der Waals surface area contributed by atoms with Crippen LogP contribution in [0.3, 0.4) is 0 Å². The molecule has 1 aliphatic heterocycles. The van der Waals surface area contributed by atoms with E-state index < -0.39 is 0 Å². The molecule has 3 rings (SSSR count). The minimum atomic E-state index is -0.0678. The van der Waals surface area contributed by atoms with Crippen LogP contribution in [0.2, 0.25) is 5.02 Å². The van der Waals surface area contributed by atoms with Crippen molar-refractivity contribution in [3.8, 4) is 0 Å². The van der Waals surface area contributed by atoms with Crippen LogP contribution in [-0.4, -0.2) is 17.5 Å². The molecule has 0 fully saturated rings. The Bertz CT molecular complexity index is 628. The van der Waals surface area contributed by atoms with Crippen LogP contribution in [0.25, 0.3) is 0 Å². The smallest absolute Gasteiger partial charge is 0.320 e. The van der Waals surface area contributed by atoms with Crippen LogP contribution < -0.4 is 5.32 Å². The van der Waals surface area contributed by atoms with Crippen LogP contribution in [0.1, 0.15) is 11.1 Å². The molecule has 0 bridgehead atoms. The van der Waals surface area contributed by atoms with E-state index in [1.165, 1.54) is 5.56 Å². The van der Waals surface area contributed by atoms with Gasteiger partial charge in [-0.1, -0.05) is 35.9 Å². The predicted molar refractivity (Wildman–Crippen MR) is 81.0 cm³/mol. The zero-order chi connectivity index (χ0) is 13.9. The van der Waals surface area contributed by atoms with E-state index in [0.29, 0.717) is 11.6 Å². The summed E-state index contributed by atoms with van der Waals surface area (Å²) in [6.45, 7) is 1.34. The second kappa shape index (κ2) is 5.55. The van der Waals surface area contributed by atoms with Crippen LogP contribution in [-0.2, 0) is 13.0 Å². The van der Waals surface area contributed by atoms with Gasteiger partial charge in [0.05, 0.1) is 0 Å². The molecule has 1 heterocycles. The highest BCUT2D eigenvalue weighted by Gasteiger charge is 2.20. The molecule has 2 amide bonds. The monoisotopic (exact) mass is 286 g/mol. The predicted octanol–water partition coefficient (Wildman–Crippen LogP) is 3.93. The summed E-state index contributed by atoms with van der Waals surface area (Å²) >= 11 is 6.01. The number of nitrogens with zero attached hydrogens (tertiary/aromatic N) is 1. The Morgan fingerprint density at radius 2 is 1.90 bits per heavy atom. The lowest BCUT2D eigenvalue weighted by Crippen LogP contribution is -2.38. The van der Waals surface area contributed by atoms with Crippen LogP contribution in [0.15, 0.2) is 48.5 Å². The number of hydrogen-bond donors (Lipinski definition) is 1. The molecule has 3 nitrogen and oxygen atoms in total. The van der Waals surface area contributed by atoms with Gasteiger partial charge in [0.2, 0.25) is 0 Å². The van der Waals surface area contributed by atoms with Gasteiger partial charge in [-0.3, -0.25) is 0 Å². The second-order valence-corrected chi connectivity index (χ2v) is 5.32. The van der Waals surface area contributed by atoms with E-state index in [-0.39, 0.29) is 6.03 Å². The van der Waals surface area contributed by atoms with E-state index >= 15 is 0 Å². The van der Waals surface area contributed by atoms with Gasteiger partial charge in [0.1, 0.15) is 0 Å². The molecular weight excluding hydrogens is 272 g/mol. The third kappa shape index (κ3) is 2.78. The summed E-state index contributed by atoms with van der Waals surface area (Å²) in [5.41, 5.74) is 3.22. The standard InChI is InChI=1S/C16H15ClN2O/c17-14-7-6-12-8-9-19(11-13(12)10-14)16(20)18-15-4-2-1-3-5-15/h1-7,10H,8-9,11H2,(H,18,20). The maximum absolute atomic E-state index is 12.2. The van der Waals surface area contributed by atoms with E-state index in [1.54, 1.807) is 0 Å². The summed E-state index contributed by atoms with van der Waals surface area (Å²) < 4.78 is 0. The summed E-state index contributed by atoms with van der Waals surface area (Å²) in [4.78, 5) is 14.1. The number of halogens is 1. The SMILES string of the molecule is O=C(Nc1ccccc1)N1CCc2ccc(Cl)cc2C1. The van der Waals surface area contributed by atoms with Crippen LogP contribution in [0, 0.1) is 0 Å². The van der Waals surface area contributed by atoms with Crippen molar-refractivity contribution in [3.63, 3.8) is 0 Å². The highest BCUT2D eigenvalue weighted by molar-refractivity contribution is 6.30. The second-order valence-electron chi connectivity index (χ2n) is 4.88. The quantitative estimate of drug-likeness (QED) is 0.846. The average molecular weight is 287 g/mol. The third-order valence-corrected chi connectivity index (χ3v) is 3.73. The van der Waals surface area contributed by atoms with Crippen LogP contribution >= 0.6 is 11.6 Å². The van der Waals surface area contributed by atoms with Gasteiger partial charge in [-0.2, -0.15) is 0 Å². The molecule has 0 atom stereocenters. The number of hydrogen-bond acceptors (Lipinski definition) is 1. The number of fused-ring (bicyclic) bond motifs is 1. The largest absolute Gasteiger partial charge is 0.322 e. The van der Waals surface area contributed by atoms with Gasteiger partial charge in [-0.15, -0.1) is 0 Å². The summed E-state index contributed by atoms with van der Waals surface area (Å²) in [5.74, 6) is 0. The fourth-order valence-electron chi connectivity index (χ4n) is 2.42. The third-order valence-electron chi connectivity index (χ3n) is 3.49. The zero-order valence-electron chi connectivity index (χ0n) is 11.0. The molecule has 0 saturated carbocycles. The summed E-state index contributed by atoms with van der Waals surface area (Å²) in [5, 5.41) is 3.63. The molecule has 4 heteroatoms. The van der Waals surface area contributed by atoms with Crippen molar-refractivity contribution in [1.29, 1.82) is 0 Å². The van der Waals surface area contributed by atoms with Gasteiger partial charge in [0, 0.05) is 23.8 Å². The van der Waals surface area contributed by atoms with Gasteiger partial charge in [-0.05, 0) is 41.8 Å². The fraction of sp³-hybridized carbons (Fsp3) is 0.188. The maximum Gasteiger partial charge on any atom is 0.322 e. The molecule has 1 N–H and O–H groups in total. The Morgan fingerprint density at radius 1 is 1.10 bits per heavy atom. The molecule has 0 aromatic heterocycles. The van der Waals surface area contributed by atoms with Crippen molar-refractivity contribution in [2.75, 3.05) is 11.9 Å². The van der Waals surface area contributed by atoms with Crippen LogP contribution in [0.5, 0.6) is 0 Å². The Kier molecular flexibility index (Phi) is 3.61. The number of amides is 2. The highest BCUT2D eigenvalue weighted by atomic mass is 35.5. The first kappa shape index (κ1) is 13.0. The maximum atomic E-state index is 12.2. The molecule has 0 unspecified atom stereocenters. The van der Waals surface area contributed by atoms with E-state index in [2.05, 4.69) is 5.32 Å². The van der Waals surface area contributed by atoms with Gasteiger partial charge >= 0.3 is 6.03 Å². The van der Waals surface area contributed by atoms with Crippen molar-refractivity contribution >= 4 is 23.3 Å². The van der Waals surface area contributed by atoms with Crippen LogP contribution in [0.4, 0.5) is 10.5 Å². The summed E-state index contributed by atoms with van der Waals surface area (Å²) in [6, 6.07) is 15.3. The number of nitrogens with one attached hydrogen (secondary N) is 1. The molecular formula is C16H15ClN2O. The summed E-state index contributed by atoms with van der Waals surface area (Å²) in [6.07, 6.45) is 0.870. The number of urea groups is 1. The van der Waals surface area contributed by atoms with Gasteiger partial charge in [0.25, 0.3) is 0 Å². The normalized spacial score (nSPS) is 13.8. The first-order chi connectivity index (χ1) is 9.72. The lowest BCUT2D eigenvalue weighted by molar-refractivity contribution is 0.206. The van der Waals surface area contributed by atoms with E-state index in [9.17, 15) is 4.79 Å². The number of carbonyl (C=O) groups excluding carboxylic acids is 1. The Balaban J connectivity index is 1.72. The van der Waals surface area contributed by atoms with E-state index in [4.69, 9.17) is 11.6 Å². The molecule has 1 aliphatic rings. The minimum Gasteiger partial charge on any atom is -0.320 e. The first-order valence-electron chi connectivity index (χ1n) is 6.60. The first-order valence-corrected chi connectivity index (χ1v) is 6.98. The fourth-order valence-corrected chi connectivity index (χ4v) is 2.62. The number of carbonyl (C=O) groups is 1. The molecule has 102 valence electrons. The Morgan fingerprint density at radius 3 is 2.70 bits per heavy atom. The number of benzene rings is 2. The number of para-hydroxylation sites is 1. The average Bonchev–Trinajstić information content (AvgIpc) is 2.47. The van der Waals surface area contributed by atoms with Crippen molar-refractivity contribution in [2.45, 2.75) is 13.0 Å². The number of anilines is 1. The van der Waals surface area contributed by atoms with Gasteiger partial charge in [0.15, 0.2) is 0 Å². The van der Waals surface area contributed by atoms with Gasteiger partial charge < -0.3 is 10.2 Å².